The van der Waals surface area contributed by atoms with Gasteiger partial charge in [-0.15, -0.1) is 0 Å². The van der Waals surface area contributed by atoms with E-state index in [-0.39, 0.29) is 5.43 Å². The average Bonchev–Trinajstić information content (AvgIpc) is 1.96. The Bertz CT molecular complexity index is 315. The van der Waals surface area contributed by atoms with Gasteiger partial charge < -0.3 is 10.3 Å². The monoisotopic (exact) mass is 166 g/mol. The Hall–Kier alpha value is -1.25. The maximum absolute atomic E-state index is 10.9. The topological polar surface area (TPSA) is 48.0 Å². The Kier molecular flexibility index (Phi) is 2.53. The van der Waals surface area contributed by atoms with Crippen molar-refractivity contribution in [1.29, 1.82) is 0 Å². The van der Waals surface area contributed by atoms with Gasteiger partial charge >= 0.3 is 0 Å². The summed E-state index contributed by atoms with van der Waals surface area (Å²) in [6, 6.07) is 1.50. The second-order valence-corrected chi connectivity index (χ2v) is 3.36. The Labute approximate surface area is 71.8 Å². The Morgan fingerprint density at radius 1 is 1.58 bits per heavy atom. The molecule has 0 unspecified atom stereocenters. The van der Waals surface area contributed by atoms with Crippen molar-refractivity contribution >= 4 is 5.69 Å². The molecule has 0 amide bonds. The minimum Gasteiger partial charge on any atom is -0.394 e. The third kappa shape index (κ3) is 2.12. The number of nitrogens with two attached hydrogens (primary N) is 1. The van der Waals surface area contributed by atoms with Crippen molar-refractivity contribution in [1.82, 2.24) is 4.57 Å². The zero-order chi connectivity index (χ0) is 9.14. The molecule has 1 rings (SSSR count). The van der Waals surface area contributed by atoms with Gasteiger partial charge in [-0.05, 0) is 5.92 Å². The molecule has 0 fully saturated rings. The van der Waals surface area contributed by atoms with Gasteiger partial charge in [-0.3, -0.25) is 4.79 Å². The summed E-state index contributed by atoms with van der Waals surface area (Å²) in [6.07, 6.45) is 3.45. The number of rotatable bonds is 2. The molecule has 12 heavy (non-hydrogen) atoms. The van der Waals surface area contributed by atoms with Crippen molar-refractivity contribution in [2.45, 2.75) is 20.4 Å². The fraction of sp³-hybridized carbons (Fsp3) is 0.444. The molecule has 1 aromatic heterocycles. The molecule has 0 aliphatic rings. The van der Waals surface area contributed by atoms with Crippen LogP contribution in [0.5, 0.6) is 0 Å². The first kappa shape index (κ1) is 8.84. The lowest BCUT2D eigenvalue weighted by Gasteiger charge is -2.08. The van der Waals surface area contributed by atoms with Gasteiger partial charge in [0.1, 0.15) is 0 Å². The lowest BCUT2D eigenvalue weighted by molar-refractivity contribution is 0.521. The molecule has 66 valence electrons. The normalized spacial score (nSPS) is 10.6. The molecule has 0 aliphatic heterocycles. The number of nitrogen functional groups attached to an aromatic ring is 1. The van der Waals surface area contributed by atoms with E-state index in [1.165, 1.54) is 6.07 Å². The summed E-state index contributed by atoms with van der Waals surface area (Å²) in [7, 11) is 0. The van der Waals surface area contributed by atoms with Crippen LogP contribution in [0.4, 0.5) is 5.69 Å². The minimum atomic E-state index is -0.102. The average molecular weight is 166 g/mol. The highest BCUT2D eigenvalue weighted by Crippen LogP contribution is 1.99. The van der Waals surface area contributed by atoms with E-state index in [2.05, 4.69) is 13.8 Å². The summed E-state index contributed by atoms with van der Waals surface area (Å²) in [5, 5.41) is 0. The Morgan fingerprint density at radius 3 is 2.75 bits per heavy atom. The van der Waals surface area contributed by atoms with Crippen LogP contribution in [-0.2, 0) is 6.54 Å². The summed E-state index contributed by atoms with van der Waals surface area (Å²) in [6.45, 7) is 5.13. The number of hydrogen-bond acceptors (Lipinski definition) is 2. The molecule has 0 atom stereocenters. The van der Waals surface area contributed by atoms with Gasteiger partial charge in [0.2, 0.25) is 5.43 Å². The molecule has 0 aliphatic carbocycles. The van der Waals surface area contributed by atoms with Gasteiger partial charge in [0.15, 0.2) is 0 Å². The van der Waals surface area contributed by atoms with Gasteiger partial charge in [-0.1, -0.05) is 13.8 Å². The highest BCUT2D eigenvalue weighted by Gasteiger charge is 1.97. The molecule has 0 bridgehead atoms. The predicted molar refractivity (Wildman–Crippen MR) is 50.0 cm³/mol. The van der Waals surface area contributed by atoms with Crippen LogP contribution >= 0.6 is 0 Å². The molecule has 3 heteroatoms. The molecule has 1 aromatic rings. The van der Waals surface area contributed by atoms with E-state index in [0.717, 1.165) is 6.54 Å². The summed E-state index contributed by atoms with van der Waals surface area (Å²) in [5.41, 5.74) is 5.68. The molecule has 0 spiro atoms. The zero-order valence-electron chi connectivity index (χ0n) is 7.45. The van der Waals surface area contributed by atoms with Crippen molar-refractivity contribution in [3.63, 3.8) is 0 Å². The van der Waals surface area contributed by atoms with Crippen molar-refractivity contribution in [3.8, 4) is 0 Å². The van der Waals surface area contributed by atoms with Crippen LogP contribution in [0.3, 0.4) is 0 Å². The van der Waals surface area contributed by atoms with Crippen molar-refractivity contribution < 1.29 is 0 Å². The second-order valence-electron chi connectivity index (χ2n) is 3.36. The van der Waals surface area contributed by atoms with E-state index in [1.54, 1.807) is 12.4 Å². The number of hydrogen-bond donors (Lipinski definition) is 1. The molecular weight excluding hydrogens is 152 g/mol. The van der Waals surface area contributed by atoms with Crippen LogP contribution in [0.25, 0.3) is 0 Å². The highest BCUT2D eigenvalue weighted by atomic mass is 16.1. The van der Waals surface area contributed by atoms with Crippen LogP contribution in [0.1, 0.15) is 13.8 Å². The minimum absolute atomic E-state index is 0.102. The lowest BCUT2D eigenvalue weighted by Crippen LogP contribution is -2.12. The van der Waals surface area contributed by atoms with Gasteiger partial charge in [0, 0.05) is 25.0 Å². The van der Waals surface area contributed by atoms with E-state index in [1.807, 2.05) is 4.57 Å². The van der Waals surface area contributed by atoms with Crippen molar-refractivity contribution in [2.75, 3.05) is 5.73 Å². The van der Waals surface area contributed by atoms with E-state index < -0.39 is 0 Å². The van der Waals surface area contributed by atoms with Crippen LogP contribution < -0.4 is 11.2 Å². The molecule has 0 saturated heterocycles. The summed E-state index contributed by atoms with van der Waals surface area (Å²) >= 11 is 0. The first-order chi connectivity index (χ1) is 5.59. The standard InChI is InChI=1S/C9H14N2O/c1-7(2)5-11-4-3-9(12)8(10)6-11/h3-4,6-7H,5,10H2,1-2H3. The molecule has 1 heterocycles. The molecule has 0 aromatic carbocycles. The second kappa shape index (κ2) is 3.43. The number of anilines is 1. The third-order valence-corrected chi connectivity index (χ3v) is 1.58. The molecule has 0 radical (unpaired) electrons. The maximum Gasteiger partial charge on any atom is 0.204 e. The largest absolute Gasteiger partial charge is 0.394 e. The van der Waals surface area contributed by atoms with E-state index in [4.69, 9.17) is 5.73 Å². The van der Waals surface area contributed by atoms with Crippen LogP contribution in [-0.4, -0.2) is 4.57 Å². The smallest absolute Gasteiger partial charge is 0.204 e. The van der Waals surface area contributed by atoms with Crippen molar-refractivity contribution in [3.05, 3.63) is 28.7 Å². The lowest BCUT2D eigenvalue weighted by atomic mass is 10.2. The van der Waals surface area contributed by atoms with Gasteiger partial charge in [0.05, 0.1) is 5.69 Å². The molecular formula is C9H14N2O. The number of aromatic nitrogens is 1. The van der Waals surface area contributed by atoms with Crippen LogP contribution in [0, 0.1) is 5.92 Å². The summed E-state index contributed by atoms with van der Waals surface area (Å²) < 4.78 is 1.93. The van der Waals surface area contributed by atoms with E-state index >= 15 is 0 Å². The fourth-order valence-corrected chi connectivity index (χ4v) is 1.08. The van der Waals surface area contributed by atoms with Crippen LogP contribution in [0.2, 0.25) is 0 Å². The van der Waals surface area contributed by atoms with E-state index in [9.17, 15) is 4.79 Å². The predicted octanol–water partition coefficient (Wildman–Crippen LogP) is 1.09. The Morgan fingerprint density at radius 2 is 2.25 bits per heavy atom. The number of nitrogens with zero attached hydrogens (tertiary/aromatic N) is 1. The molecule has 2 N–H and O–H groups in total. The van der Waals surface area contributed by atoms with Gasteiger partial charge in [0.25, 0.3) is 0 Å². The SMILES string of the molecule is CC(C)Cn1ccc(=O)c(N)c1. The summed E-state index contributed by atoms with van der Waals surface area (Å²) in [5.74, 6) is 0.562. The fourth-order valence-electron chi connectivity index (χ4n) is 1.08. The maximum atomic E-state index is 10.9. The first-order valence-corrected chi connectivity index (χ1v) is 4.05. The molecule has 3 nitrogen and oxygen atoms in total. The third-order valence-electron chi connectivity index (χ3n) is 1.58. The van der Waals surface area contributed by atoms with E-state index in [0.29, 0.717) is 11.6 Å². The molecule has 0 saturated carbocycles. The van der Waals surface area contributed by atoms with Gasteiger partial charge in [-0.2, -0.15) is 0 Å². The quantitative estimate of drug-likeness (QED) is 0.714. The highest BCUT2D eigenvalue weighted by molar-refractivity contribution is 5.33. The Balaban J connectivity index is 2.90. The van der Waals surface area contributed by atoms with Gasteiger partial charge in [-0.25, -0.2) is 0 Å². The van der Waals surface area contributed by atoms with Crippen LogP contribution in [0.15, 0.2) is 23.3 Å². The first-order valence-electron chi connectivity index (χ1n) is 4.05. The van der Waals surface area contributed by atoms with Crippen molar-refractivity contribution in [2.24, 2.45) is 5.92 Å². The summed E-state index contributed by atoms with van der Waals surface area (Å²) in [4.78, 5) is 10.9. The number of pyridine rings is 1. The zero-order valence-corrected chi connectivity index (χ0v) is 7.45.